The van der Waals surface area contributed by atoms with Crippen molar-refractivity contribution in [3.8, 4) is 5.69 Å². The number of nitrogens with zero attached hydrogens (tertiary/aromatic N) is 3. The second-order valence-corrected chi connectivity index (χ2v) is 8.91. The second kappa shape index (κ2) is 11.6. The number of ether oxygens (including phenoxy) is 2. The summed E-state index contributed by atoms with van der Waals surface area (Å²) < 4.78 is 27.8. The van der Waals surface area contributed by atoms with E-state index in [0.717, 1.165) is 5.56 Å². The van der Waals surface area contributed by atoms with Gasteiger partial charge in [0.2, 0.25) is 0 Å². The highest BCUT2D eigenvalue weighted by Crippen LogP contribution is 2.23. The highest BCUT2D eigenvalue weighted by Gasteiger charge is 2.28. The fourth-order valence-corrected chi connectivity index (χ4v) is 4.33. The zero-order chi connectivity index (χ0) is 25.7. The van der Waals surface area contributed by atoms with Gasteiger partial charge in [0.1, 0.15) is 17.9 Å². The van der Waals surface area contributed by atoms with Gasteiger partial charge in [0, 0.05) is 32.4 Å². The Kier molecular flexibility index (Phi) is 8.29. The van der Waals surface area contributed by atoms with Crippen LogP contribution in [0.2, 0.25) is 0 Å². The van der Waals surface area contributed by atoms with Crippen molar-refractivity contribution in [1.29, 1.82) is 0 Å². The molecule has 4 rings (SSSR count). The van der Waals surface area contributed by atoms with Crippen LogP contribution < -0.4 is 10.9 Å². The molecule has 3 aromatic rings. The lowest BCUT2D eigenvalue weighted by Crippen LogP contribution is -2.46. The predicted octanol–water partition coefficient (Wildman–Crippen LogP) is 3.88. The van der Waals surface area contributed by atoms with Crippen LogP contribution in [0.25, 0.3) is 5.69 Å². The van der Waals surface area contributed by atoms with E-state index in [-0.39, 0.29) is 28.6 Å². The number of hydrogen-bond donors (Lipinski definition) is 1. The van der Waals surface area contributed by atoms with Crippen molar-refractivity contribution in [2.75, 3.05) is 31.6 Å². The Morgan fingerprint density at radius 3 is 2.61 bits per heavy atom. The number of aromatic nitrogens is 2. The number of rotatable bonds is 8. The monoisotopic (exact) mass is 512 g/mol. The third-order valence-corrected chi connectivity index (χ3v) is 6.34. The minimum Gasteiger partial charge on any atom is -0.462 e. The van der Waals surface area contributed by atoms with E-state index in [9.17, 15) is 14.0 Å². The van der Waals surface area contributed by atoms with Crippen molar-refractivity contribution in [2.45, 2.75) is 26.1 Å². The summed E-state index contributed by atoms with van der Waals surface area (Å²) in [6.07, 6.45) is 0.0878. The van der Waals surface area contributed by atoms with E-state index < -0.39 is 17.8 Å². The Labute approximate surface area is 213 Å². The van der Waals surface area contributed by atoms with Gasteiger partial charge in [-0.2, -0.15) is 0 Å². The third-order valence-electron chi connectivity index (χ3n) is 5.88. The lowest BCUT2D eigenvalue weighted by Gasteiger charge is -2.34. The molecule has 8 nitrogen and oxygen atoms in total. The average Bonchev–Trinajstić information content (AvgIpc) is 2.88. The Bertz CT molecular complexity index is 1320. The third kappa shape index (κ3) is 5.72. The molecule has 36 heavy (non-hydrogen) atoms. The molecule has 0 radical (unpaired) electrons. The van der Waals surface area contributed by atoms with Crippen molar-refractivity contribution >= 4 is 24.0 Å². The molecule has 1 aromatic heterocycles. The van der Waals surface area contributed by atoms with Crippen molar-refractivity contribution in [2.24, 2.45) is 7.05 Å². The van der Waals surface area contributed by atoms with Gasteiger partial charge >= 0.3 is 5.97 Å². The number of morpholine rings is 1. The van der Waals surface area contributed by atoms with Crippen LogP contribution in [-0.2, 0) is 23.1 Å². The molecule has 2 aromatic carbocycles. The predicted molar refractivity (Wildman–Crippen MR) is 137 cm³/mol. The van der Waals surface area contributed by atoms with E-state index in [4.69, 9.17) is 21.7 Å². The fourth-order valence-electron chi connectivity index (χ4n) is 4.05. The highest BCUT2D eigenvalue weighted by molar-refractivity contribution is 7.71. The largest absolute Gasteiger partial charge is 0.462 e. The van der Waals surface area contributed by atoms with E-state index in [0.29, 0.717) is 38.3 Å². The van der Waals surface area contributed by atoms with Gasteiger partial charge in [-0.05, 0) is 48.5 Å². The van der Waals surface area contributed by atoms with Gasteiger partial charge in [-0.1, -0.05) is 37.3 Å². The van der Waals surface area contributed by atoms with Crippen LogP contribution in [-0.4, -0.2) is 52.5 Å². The molecule has 1 aliphatic rings. The Hall–Kier alpha value is -3.34. The summed E-state index contributed by atoms with van der Waals surface area (Å²) in [6.45, 7) is 4.26. The van der Waals surface area contributed by atoms with E-state index in [1.165, 1.54) is 23.7 Å². The molecule has 190 valence electrons. The summed E-state index contributed by atoms with van der Waals surface area (Å²) in [7, 11) is 1.53. The standard InChI is InChI=1S/C26H29FN4O4S/c1-3-14-35-25(33)22-23(31(20-7-5-4-6-8-20)26(36)29(2)24(22)32)28-21-17-30(13-15-34-21)16-18-9-11-19(27)12-10-18/h4-12,21,28H,3,13-17H2,1-2H3. The van der Waals surface area contributed by atoms with Gasteiger partial charge in [-0.15, -0.1) is 0 Å². The number of halogens is 1. The van der Waals surface area contributed by atoms with Crippen molar-refractivity contribution in [3.05, 3.63) is 86.7 Å². The first-order valence-corrected chi connectivity index (χ1v) is 12.2. The molecule has 1 atom stereocenters. The molecular weight excluding hydrogens is 483 g/mol. The van der Waals surface area contributed by atoms with Gasteiger partial charge in [-0.3, -0.25) is 18.8 Å². The number of benzene rings is 2. The van der Waals surface area contributed by atoms with Gasteiger partial charge in [0.05, 0.1) is 13.2 Å². The maximum Gasteiger partial charge on any atom is 0.347 e. The first-order valence-electron chi connectivity index (χ1n) is 11.8. The van der Waals surface area contributed by atoms with Crippen molar-refractivity contribution < 1.29 is 18.7 Å². The smallest absolute Gasteiger partial charge is 0.347 e. The maximum absolute atomic E-state index is 13.3. The molecule has 0 bridgehead atoms. The summed E-state index contributed by atoms with van der Waals surface area (Å²) in [6, 6.07) is 15.6. The topological polar surface area (TPSA) is 77.7 Å². The fraction of sp³-hybridized carbons (Fsp3) is 0.346. The van der Waals surface area contributed by atoms with E-state index >= 15 is 0 Å². The highest BCUT2D eigenvalue weighted by atomic mass is 32.1. The first-order chi connectivity index (χ1) is 17.4. The van der Waals surface area contributed by atoms with Gasteiger partial charge in [0.15, 0.2) is 10.3 Å². The average molecular weight is 513 g/mol. The molecular formula is C26H29FN4O4S. The number of anilines is 1. The molecule has 1 aliphatic heterocycles. The minimum absolute atomic E-state index is 0.136. The summed E-state index contributed by atoms with van der Waals surface area (Å²) >= 11 is 5.62. The maximum atomic E-state index is 13.3. The quantitative estimate of drug-likeness (QED) is 0.363. The molecule has 0 saturated carbocycles. The summed E-state index contributed by atoms with van der Waals surface area (Å²) in [5.74, 6) is -0.777. The number of carbonyl (C=O) groups is 1. The van der Waals surface area contributed by atoms with Crippen LogP contribution in [0.3, 0.4) is 0 Å². The molecule has 0 amide bonds. The van der Waals surface area contributed by atoms with Crippen LogP contribution >= 0.6 is 12.2 Å². The van der Waals surface area contributed by atoms with Crippen LogP contribution in [0.1, 0.15) is 29.3 Å². The van der Waals surface area contributed by atoms with Crippen molar-refractivity contribution in [1.82, 2.24) is 14.0 Å². The lowest BCUT2D eigenvalue weighted by molar-refractivity contribution is -0.0167. The Morgan fingerprint density at radius 2 is 1.92 bits per heavy atom. The van der Waals surface area contributed by atoms with Crippen molar-refractivity contribution in [3.63, 3.8) is 0 Å². The summed E-state index contributed by atoms with van der Waals surface area (Å²) in [4.78, 5) is 28.5. The van der Waals surface area contributed by atoms with E-state index in [2.05, 4.69) is 10.2 Å². The molecule has 1 saturated heterocycles. The van der Waals surface area contributed by atoms with Gasteiger partial charge in [0.25, 0.3) is 5.56 Å². The Morgan fingerprint density at radius 1 is 1.19 bits per heavy atom. The number of nitrogens with one attached hydrogen (secondary N) is 1. The molecule has 1 fully saturated rings. The number of para-hydroxylation sites is 1. The first kappa shape index (κ1) is 25.7. The molecule has 0 spiro atoms. The summed E-state index contributed by atoms with van der Waals surface area (Å²) in [5, 5.41) is 3.27. The zero-order valence-electron chi connectivity index (χ0n) is 20.3. The van der Waals surface area contributed by atoms with Gasteiger partial charge in [-0.25, -0.2) is 9.18 Å². The minimum atomic E-state index is -0.724. The molecule has 0 aliphatic carbocycles. The molecule has 2 heterocycles. The Balaban J connectivity index is 1.71. The van der Waals surface area contributed by atoms with Crippen LogP contribution in [0.5, 0.6) is 0 Å². The molecule has 1 unspecified atom stereocenters. The SMILES string of the molecule is CCCOC(=O)c1c(NC2CN(Cc3ccc(F)cc3)CCO2)n(-c2ccccc2)c(=S)n(C)c1=O. The van der Waals surface area contributed by atoms with Crippen LogP contribution in [0.4, 0.5) is 10.2 Å². The molecule has 10 heteroatoms. The number of esters is 1. The summed E-state index contributed by atoms with van der Waals surface area (Å²) in [5.41, 5.74) is 0.975. The normalized spacial score (nSPS) is 16.0. The van der Waals surface area contributed by atoms with Crippen LogP contribution in [0.15, 0.2) is 59.4 Å². The molecule has 1 N–H and O–H groups in total. The van der Waals surface area contributed by atoms with Gasteiger partial charge < -0.3 is 14.8 Å². The number of hydrogen-bond acceptors (Lipinski definition) is 7. The van der Waals surface area contributed by atoms with E-state index in [1.807, 2.05) is 37.3 Å². The van der Waals surface area contributed by atoms with E-state index in [1.54, 1.807) is 16.7 Å². The van der Waals surface area contributed by atoms with Crippen LogP contribution in [0, 0.1) is 10.6 Å². The number of carbonyl (C=O) groups excluding carboxylic acids is 1. The zero-order valence-corrected chi connectivity index (χ0v) is 21.1. The second-order valence-electron chi connectivity index (χ2n) is 8.54. The lowest BCUT2D eigenvalue weighted by atomic mass is 10.2.